The summed E-state index contributed by atoms with van der Waals surface area (Å²) in [7, 11) is 0. The Morgan fingerprint density at radius 1 is 1.26 bits per heavy atom. The average molecular weight is 263 g/mol. The molecule has 1 saturated carbocycles. The van der Waals surface area contributed by atoms with Gasteiger partial charge >= 0.3 is 0 Å². The molecule has 1 fully saturated rings. The minimum Gasteiger partial charge on any atom is -0.314 e. The lowest BCUT2D eigenvalue weighted by Crippen LogP contribution is -2.49. The molecule has 0 amide bonds. The number of halogens is 1. The van der Waals surface area contributed by atoms with Crippen molar-refractivity contribution in [1.29, 1.82) is 0 Å². The van der Waals surface area contributed by atoms with E-state index in [1.54, 1.807) is 12.1 Å². The Kier molecular flexibility index (Phi) is 4.62. The van der Waals surface area contributed by atoms with Gasteiger partial charge in [0.15, 0.2) is 0 Å². The second-order valence-electron chi connectivity index (χ2n) is 6.39. The van der Waals surface area contributed by atoms with E-state index in [9.17, 15) is 4.39 Å². The number of rotatable bonds is 6. The van der Waals surface area contributed by atoms with E-state index in [1.165, 1.54) is 31.2 Å². The van der Waals surface area contributed by atoms with E-state index < -0.39 is 0 Å². The van der Waals surface area contributed by atoms with Crippen molar-refractivity contribution in [3.63, 3.8) is 0 Å². The van der Waals surface area contributed by atoms with Gasteiger partial charge in [-0.05, 0) is 36.5 Å². The molecule has 1 aliphatic rings. The van der Waals surface area contributed by atoms with E-state index in [2.05, 4.69) is 26.1 Å². The third kappa shape index (κ3) is 3.36. The first-order valence-electron chi connectivity index (χ1n) is 7.55. The van der Waals surface area contributed by atoms with Crippen molar-refractivity contribution in [3.05, 3.63) is 35.6 Å². The molecule has 1 aliphatic carbocycles. The van der Waals surface area contributed by atoms with Crippen molar-refractivity contribution >= 4 is 0 Å². The third-order valence-electron chi connectivity index (χ3n) is 4.36. The van der Waals surface area contributed by atoms with Gasteiger partial charge < -0.3 is 5.32 Å². The lowest BCUT2D eigenvalue weighted by molar-refractivity contribution is 0.126. The number of benzene rings is 1. The molecule has 1 N–H and O–H groups in total. The first-order valence-corrected chi connectivity index (χ1v) is 7.55. The quantitative estimate of drug-likeness (QED) is 0.808. The maximum atomic E-state index is 13.1. The van der Waals surface area contributed by atoms with Gasteiger partial charge in [-0.25, -0.2) is 4.39 Å². The predicted molar refractivity (Wildman–Crippen MR) is 78.8 cm³/mol. The SMILES string of the molecule is CCCC1CC(CNC(C)C)(c2ccc(F)cc2)C1. The van der Waals surface area contributed by atoms with Crippen LogP contribution in [0, 0.1) is 11.7 Å². The first-order chi connectivity index (χ1) is 9.05. The Morgan fingerprint density at radius 2 is 1.89 bits per heavy atom. The second kappa shape index (κ2) is 6.04. The molecule has 0 bridgehead atoms. The largest absolute Gasteiger partial charge is 0.314 e. The summed E-state index contributed by atoms with van der Waals surface area (Å²) >= 11 is 0. The van der Waals surface area contributed by atoms with Gasteiger partial charge in [0, 0.05) is 18.0 Å². The van der Waals surface area contributed by atoms with E-state index in [-0.39, 0.29) is 11.2 Å². The topological polar surface area (TPSA) is 12.0 Å². The summed E-state index contributed by atoms with van der Waals surface area (Å²) in [4.78, 5) is 0. The average Bonchev–Trinajstić information content (AvgIpc) is 2.33. The Bertz CT molecular complexity index is 390. The van der Waals surface area contributed by atoms with Crippen LogP contribution in [0.5, 0.6) is 0 Å². The molecule has 106 valence electrons. The van der Waals surface area contributed by atoms with Gasteiger partial charge in [-0.3, -0.25) is 0 Å². The van der Waals surface area contributed by atoms with Crippen LogP contribution in [0.2, 0.25) is 0 Å². The predicted octanol–water partition coefficient (Wildman–Crippen LogP) is 4.27. The zero-order valence-corrected chi connectivity index (χ0v) is 12.4. The van der Waals surface area contributed by atoms with Gasteiger partial charge in [0.05, 0.1) is 0 Å². The highest BCUT2D eigenvalue weighted by molar-refractivity contribution is 5.30. The van der Waals surface area contributed by atoms with Crippen LogP contribution < -0.4 is 5.32 Å². The van der Waals surface area contributed by atoms with Gasteiger partial charge in [-0.1, -0.05) is 45.7 Å². The van der Waals surface area contributed by atoms with Crippen LogP contribution in [0.25, 0.3) is 0 Å². The Labute approximate surface area is 116 Å². The van der Waals surface area contributed by atoms with Crippen molar-refractivity contribution < 1.29 is 4.39 Å². The monoisotopic (exact) mass is 263 g/mol. The fraction of sp³-hybridized carbons (Fsp3) is 0.647. The van der Waals surface area contributed by atoms with E-state index >= 15 is 0 Å². The Morgan fingerprint density at radius 3 is 2.42 bits per heavy atom. The summed E-state index contributed by atoms with van der Waals surface area (Å²) < 4.78 is 13.1. The molecule has 1 aromatic carbocycles. The highest BCUT2D eigenvalue weighted by Gasteiger charge is 2.44. The van der Waals surface area contributed by atoms with Crippen LogP contribution in [0.3, 0.4) is 0 Å². The van der Waals surface area contributed by atoms with E-state index in [0.717, 1.165) is 12.5 Å². The molecule has 0 radical (unpaired) electrons. The second-order valence-corrected chi connectivity index (χ2v) is 6.39. The van der Waals surface area contributed by atoms with E-state index in [1.807, 2.05) is 12.1 Å². The maximum absolute atomic E-state index is 13.1. The molecule has 2 rings (SSSR count). The van der Waals surface area contributed by atoms with Gasteiger partial charge in [-0.2, -0.15) is 0 Å². The molecule has 0 unspecified atom stereocenters. The molecule has 0 heterocycles. The van der Waals surface area contributed by atoms with E-state index in [0.29, 0.717) is 6.04 Å². The Balaban J connectivity index is 2.09. The minimum atomic E-state index is -0.139. The van der Waals surface area contributed by atoms with Crippen LogP contribution in [0.15, 0.2) is 24.3 Å². The summed E-state index contributed by atoms with van der Waals surface area (Å²) in [6, 6.07) is 7.64. The molecule has 2 heteroatoms. The molecule has 0 atom stereocenters. The van der Waals surface area contributed by atoms with Crippen LogP contribution in [-0.2, 0) is 5.41 Å². The van der Waals surface area contributed by atoms with Crippen molar-refractivity contribution in [3.8, 4) is 0 Å². The normalized spacial score (nSPS) is 26.5. The molecule has 1 nitrogen and oxygen atoms in total. The fourth-order valence-corrected chi connectivity index (χ4v) is 3.34. The van der Waals surface area contributed by atoms with Crippen molar-refractivity contribution in [2.24, 2.45) is 5.92 Å². The molecule has 1 aromatic rings. The molecular weight excluding hydrogens is 237 g/mol. The first kappa shape index (κ1) is 14.5. The molecule has 19 heavy (non-hydrogen) atoms. The smallest absolute Gasteiger partial charge is 0.123 e. The highest BCUT2D eigenvalue weighted by atomic mass is 19.1. The van der Waals surface area contributed by atoms with Crippen LogP contribution in [0.4, 0.5) is 4.39 Å². The van der Waals surface area contributed by atoms with Crippen molar-refractivity contribution in [2.75, 3.05) is 6.54 Å². The zero-order chi connectivity index (χ0) is 13.9. The molecule has 0 aliphatic heterocycles. The summed E-state index contributed by atoms with van der Waals surface area (Å²) in [6.07, 6.45) is 5.07. The summed E-state index contributed by atoms with van der Waals surface area (Å²) in [6.45, 7) is 7.63. The summed E-state index contributed by atoms with van der Waals surface area (Å²) in [5.74, 6) is 0.712. The minimum absolute atomic E-state index is 0.139. The Hall–Kier alpha value is -0.890. The van der Waals surface area contributed by atoms with Gasteiger partial charge in [0.1, 0.15) is 5.82 Å². The van der Waals surface area contributed by atoms with Crippen molar-refractivity contribution in [2.45, 2.75) is 57.9 Å². The van der Waals surface area contributed by atoms with Gasteiger partial charge in [0.2, 0.25) is 0 Å². The third-order valence-corrected chi connectivity index (χ3v) is 4.36. The number of hydrogen-bond donors (Lipinski definition) is 1. The van der Waals surface area contributed by atoms with Crippen LogP contribution in [-0.4, -0.2) is 12.6 Å². The summed E-state index contributed by atoms with van der Waals surface area (Å²) in [5.41, 5.74) is 1.53. The van der Waals surface area contributed by atoms with Gasteiger partial charge in [-0.15, -0.1) is 0 Å². The maximum Gasteiger partial charge on any atom is 0.123 e. The number of hydrogen-bond acceptors (Lipinski definition) is 1. The van der Waals surface area contributed by atoms with Crippen LogP contribution in [0.1, 0.15) is 52.0 Å². The molecular formula is C17H26FN. The van der Waals surface area contributed by atoms with Crippen LogP contribution >= 0.6 is 0 Å². The highest BCUT2D eigenvalue weighted by Crippen LogP contribution is 2.49. The standard InChI is InChI=1S/C17H26FN/c1-4-5-14-10-17(11-14,12-19-13(2)3)15-6-8-16(18)9-7-15/h6-9,13-14,19H,4-5,10-12H2,1-3H3. The zero-order valence-electron chi connectivity index (χ0n) is 12.4. The lowest BCUT2D eigenvalue weighted by Gasteiger charge is -2.49. The molecule has 0 aromatic heterocycles. The van der Waals surface area contributed by atoms with Crippen molar-refractivity contribution in [1.82, 2.24) is 5.32 Å². The van der Waals surface area contributed by atoms with E-state index in [4.69, 9.17) is 0 Å². The molecule has 0 spiro atoms. The summed E-state index contributed by atoms with van der Waals surface area (Å²) in [5, 5.41) is 3.57. The number of nitrogens with one attached hydrogen (secondary N) is 1. The van der Waals surface area contributed by atoms with Gasteiger partial charge in [0.25, 0.3) is 0 Å². The lowest BCUT2D eigenvalue weighted by atomic mass is 9.57. The molecule has 0 saturated heterocycles. The fourth-order valence-electron chi connectivity index (χ4n) is 3.34.